The maximum absolute atomic E-state index is 12.7. The number of hydrogen-bond donors (Lipinski definition) is 3. The third-order valence-electron chi connectivity index (χ3n) is 4.82. The standard InChI is InChI=1S/C20H22ClN5O3S/c1-4-12(13-7-5-6-10-24-13)25-16-17(19(28)18(16)27)26-14-9-8-11(21)20(15(14)22)30(3,29)23-2/h5-10,12,25-26H,4,22H2,1-3H3/t12-,30?/m1/s1. The number of nitrogen functional groups attached to an aromatic ring is 1. The van der Waals surface area contributed by atoms with Crippen LogP contribution in [-0.4, -0.2) is 22.5 Å². The van der Waals surface area contributed by atoms with E-state index in [1.807, 2.05) is 19.1 Å². The lowest BCUT2D eigenvalue weighted by atomic mass is 10.1. The molecule has 8 nitrogen and oxygen atoms in total. The van der Waals surface area contributed by atoms with Gasteiger partial charge in [0.2, 0.25) is 0 Å². The molecule has 1 unspecified atom stereocenters. The molecule has 0 saturated carbocycles. The highest BCUT2D eigenvalue weighted by atomic mass is 35.5. The molecule has 0 amide bonds. The Morgan fingerprint density at radius 1 is 1.20 bits per heavy atom. The monoisotopic (exact) mass is 447 g/mol. The lowest BCUT2D eigenvalue weighted by Gasteiger charge is -2.22. The van der Waals surface area contributed by atoms with Crippen molar-refractivity contribution in [1.29, 1.82) is 0 Å². The van der Waals surface area contributed by atoms with Crippen LogP contribution in [-0.2, 0) is 9.73 Å². The van der Waals surface area contributed by atoms with E-state index in [1.54, 1.807) is 18.3 Å². The molecule has 0 aliphatic rings. The van der Waals surface area contributed by atoms with E-state index in [4.69, 9.17) is 17.3 Å². The van der Waals surface area contributed by atoms with Gasteiger partial charge in [-0.15, -0.1) is 0 Å². The fourth-order valence-corrected chi connectivity index (χ4v) is 4.81. The minimum atomic E-state index is -2.82. The van der Waals surface area contributed by atoms with Crippen molar-refractivity contribution in [1.82, 2.24) is 4.98 Å². The maximum Gasteiger partial charge on any atom is 0.253 e. The summed E-state index contributed by atoms with van der Waals surface area (Å²) in [4.78, 5) is 28.9. The summed E-state index contributed by atoms with van der Waals surface area (Å²) in [5.74, 6) is 0. The summed E-state index contributed by atoms with van der Waals surface area (Å²) in [5.41, 5.74) is 6.31. The highest BCUT2D eigenvalue weighted by molar-refractivity contribution is 7.93. The molecule has 0 aliphatic heterocycles. The van der Waals surface area contributed by atoms with Crippen molar-refractivity contribution in [3.63, 3.8) is 0 Å². The van der Waals surface area contributed by atoms with Crippen molar-refractivity contribution in [2.45, 2.75) is 24.3 Å². The summed E-state index contributed by atoms with van der Waals surface area (Å²) < 4.78 is 16.6. The number of aromatic nitrogens is 1. The van der Waals surface area contributed by atoms with Crippen molar-refractivity contribution in [2.24, 2.45) is 4.36 Å². The molecule has 0 aliphatic carbocycles. The summed E-state index contributed by atoms with van der Waals surface area (Å²) >= 11 is 6.19. The molecule has 0 spiro atoms. The Bertz CT molecular complexity index is 1280. The fraction of sp³-hybridized carbons (Fsp3) is 0.250. The van der Waals surface area contributed by atoms with Crippen LogP contribution in [0.25, 0.3) is 0 Å². The van der Waals surface area contributed by atoms with Gasteiger partial charge in [-0.3, -0.25) is 14.6 Å². The molecule has 2 aromatic carbocycles. The Kier molecular flexibility index (Phi) is 6.14. The molecule has 158 valence electrons. The molecule has 1 heterocycles. The predicted octanol–water partition coefficient (Wildman–Crippen LogP) is 3.31. The first-order valence-corrected chi connectivity index (χ1v) is 11.5. The second kappa shape index (κ2) is 8.45. The molecule has 10 heteroatoms. The number of halogens is 1. The molecule has 0 saturated heterocycles. The first-order chi connectivity index (χ1) is 14.2. The molecule has 30 heavy (non-hydrogen) atoms. The molecule has 1 aromatic heterocycles. The average Bonchev–Trinajstić information content (AvgIpc) is 2.74. The first kappa shape index (κ1) is 21.8. The van der Waals surface area contributed by atoms with Crippen LogP contribution in [0.5, 0.6) is 0 Å². The quantitative estimate of drug-likeness (QED) is 0.374. The maximum atomic E-state index is 12.7. The van der Waals surface area contributed by atoms with Crippen LogP contribution in [0.4, 0.5) is 22.7 Å². The number of rotatable bonds is 7. The van der Waals surface area contributed by atoms with Gasteiger partial charge in [-0.05, 0) is 30.7 Å². The van der Waals surface area contributed by atoms with E-state index >= 15 is 0 Å². The van der Waals surface area contributed by atoms with Crippen LogP contribution < -0.4 is 27.2 Å². The van der Waals surface area contributed by atoms with Gasteiger partial charge in [-0.25, -0.2) is 8.57 Å². The van der Waals surface area contributed by atoms with Crippen molar-refractivity contribution in [3.05, 3.63) is 67.7 Å². The van der Waals surface area contributed by atoms with E-state index in [1.165, 1.54) is 19.4 Å². The van der Waals surface area contributed by atoms with Gasteiger partial charge < -0.3 is 16.4 Å². The Balaban J connectivity index is 1.98. The molecule has 3 rings (SSSR count). The molecule has 0 fully saturated rings. The highest BCUT2D eigenvalue weighted by Crippen LogP contribution is 2.36. The zero-order valence-corrected chi connectivity index (χ0v) is 18.3. The smallest absolute Gasteiger partial charge is 0.253 e. The Labute approximate surface area is 179 Å². The summed E-state index contributed by atoms with van der Waals surface area (Å²) in [6, 6.07) is 8.33. The van der Waals surface area contributed by atoms with Crippen molar-refractivity contribution in [3.8, 4) is 0 Å². The Hall–Kier alpha value is -2.91. The van der Waals surface area contributed by atoms with Crippen LogP contribution in [0.2, 0.25) is 5.02 Å². The van der Waals surface area contributed by atoms with Gasteiger partial charge in [0.1, 0.15) is 11.4 Å². The van der Waals surface area contributed by atoms with Gasteiger partial charge in [0, 0.05) is 19.5 Å². The van der Waals surface area contributed by atoms with Crippen LogP contribution in [0.1, 0.15) is 25.1 Å². The Morgan fingerprint density at radius 3 is 2.50 bits per heavy atom. The largest absolute Gasteiger partial charge is 0.396 e. The topological polar surface area (TPSA) is 127 Å². The van der Waals surface area contributed by atoms with E-state index < -0.39 is 20.6 Å². The normalized spacial score (nSPS) is 14.1. The first-order valence-electron chi connectivity index (χ1n) is 9.17. The minimum Gasteiger partial charge on any atom is -0.396 e. The molecule has 3 aromatic rings. The molecule has 0 radical (unpaired) electrons. The fourth-order valence-electron chi connectivity index (χ4n) is 3.08. The van der Waals surface area contributed by atoms with Gasteiger partial charge in [0.05, 0.1) is 42.8 Å². The number of hydrogen-bond acceptors (Lipinski definition) is 8. The second-order valence-electron chi connectivity index (χ2n) is 6.72. The van der Waals surface area contributed by atoms with Crippen molar-refractivity contribution in [2.75, 3.05) is 29.7 Å². The zero-order chi connectivity index (χ0) is 22.1. The number of anilines is 4. The number of benzene rings is 1. The van der Waals surface area contributed by atoms with E-state index in [0.29, 0.717) is 12.1 Å². The summed E-state index contributed by atoms with van der Waals surface area (Å²) in [5, 5.41) is 6.21. The lowest BCUT2D eigenvalue weighted by molar-refractivity contribution is 0.680. The van der Waals surface area contributed by atoms with Crippen molar-refractivity contribution >= 4 is 44.1 Å². The average molecular weight is 448 g/mol. The second-order valence-corrected chi connectivity index (χ2v) is 9.50. The van der Waals surface area contributed by atoms with E-state index in [0.717, 1.165) is 5.69 Å². The van der Waals surface area contributed by atoms with Crippen LogP contribution in [0.15, 0.2) is 55.4 Å². The van der Waals surface area contributed by atoms with Gasteiger partial charge >= 0.3 is 0 Å². The highest BCUT2D eigenvalue weighted by Gasteiger charge is 2.26. The molecular weight excluding hydrogens is 426 g/mol. The summed E-state index contributed by atoms with van der Waals surface area (Å²) in [6.45, 7) is 1.94. The van der Waals surface area contributed by atoms with E-state index in [-0.39, 0.29) is 33.0 Å². The number of nitrogens with two attached hydrogens (primary N) is 1. The minimum absolute atomic E-state index is 0.0883. The third-order valence-corrected chi connectivity index (χ3v) is 7.14. The van der Waals surface area contributed by atoms with Crippen LogP contribution in [0, 0.1) is 0 Å². The van der Waals surface area contributed by atoms with Gasteiger partial charge in [0.15, 0.2) is 0 Å². The Morgan fingerprint density at radius 2 is 1.90 bits per heavy atom. The SMILES string of the molecule is CC[C@@H](Nc1c(Nc2ccc(Cl)c(S(C)(=O)=NC)c2N)c(=O)c1=O)c1ccccn1. The number of nitrogens with one attached hydrogen (secondary N) is 2. The lowest BCUT2D eigenvalue weighted by Crippen LogP contribution is -2.37. The van der Waals surface area contributed by atoms with E-state index in [2.05, 4.69) is 20.0 Å². The predicted molar refractivity (Wildman–Crippen MR) is 122 cm³/mol. The number of pyridine rings is 1. The van der Waals surface area contributed by atoms with Crippen LogP contribution >= 0.6 is 11.6 Å². The molecule has 0 bridgehead atoms. The summed E-state index contributed by atoms with van der Waals surface area (Å²) in [7, 11) is -1.40. The molecular formula is C20H22ClN5O3S. The molecule has 2 atom stereocenters. The van der Waals surface area contributed by atoms with E-state index in [9.17, 15) is 13.8 Å². The molecule has 4 N–H and O–H groups in total. The third kappa shape index (κ3) is 3.90. The summed E-state index contributed by atoms with van der Waals surface area (Å²) in [6.07, 6.45) is 3.74. The van der Waals surface area contributed by atoms with Crippen LogP contribution in [0.3, 0.4) is 0 Å². The van der Waals surface area contributed by atoms with Gasteiger partial charge in [-0.2, -0.15) is 0 Å². The van der Waals surface area contributed by atoms with Gasteiger partial charge in [-0.1, -0.05) is 24.6 Å². The van der Waals surface area contributed by atoms with Gasteiger partial charge in [0.25, 0.3) is 10.9 Å². The van der Waals surface area contributed by atoms with Crippen molar-refractivity contribution < 1.29 is 4.21 Å². The number of nitrogens with zero attached hydrogens (tertiary/aromatic N) is 2. The zero-order valence-electron chi connectivity index (χ0n) is 16.7.